The molecule has 0 aliphatic rings. The predicted octanol–water partition coefficient (Wildman–Crippen LogP) is 2.67. The first-order valence-corrected chi connectivity index (χ1v) is 6.84. The molecule has 0 saturated heterocycles. The Morgan fingerprint density at radius 1 is 1.05 bits per heavy atom. The minimum absolute atomic E-state index is 0.158. The molecule has 0 saturated carbocycles. The van der Waals surface area contributed by atoms with Gasteiger partial charge in [-0.1, -0.05) is 34.6 Å². The Kier molecular flexibility index (Phi) is 8.39. The molecule has 0 aromatic rings. The molecule has 0 fully saturated rings. The lowest BCUT2D eigenvalue weighted by Gasteiger charge is -2.32. The van der Waals surface area contributed by atoms with E-state index in [4.69, 9.17) is 14.2 Å². The molecule has 0 amide bonds. The Hall–Kier alpha value is -1.10. The van der Waals surface area contributed by atoms with Crippen molar-refractivity contribution in [2.75, 3.05) is 13.2 Å². The number of carbonyl (C=O) groups is 2. The highest BCUT2D eigenvalue weighted by Gasteiger charge is 2.35. The normalized spacial score (nSPS) is 12.9. The smallest absolute Gasteiger partial charge is 0.307 e. The van der Waals surface area contributed by atoms with Crippen LogP contribution in [0.15, 0.2) is 0 Å². The van der Waals surface area contributed by atoms with E-state index in [0.717, 1.165) is 6.42 Å². The summed E-state index contributed by atoms with van der Waals surface area (Å²) in [6.45, 7) is 9.78. The van der Waals surface area contributed by atoms with E-state index in [-0.39, 0.29) is 25.0 Å². The van der Waals surface area contributed by atoms with Gasteiger partial charge in [0.25, 0.3) is 0 Å². The summed E-state index contributed by atoms with van der Waals surface area (Å²) in [5.41, 5.74) is -0.579. The van der Waals surface area contributed by atoms with E-state index in [1.54, 1.807) is 13.8 Å². The lowest BCUT2D eigenvalue weighted by atomic mass is 9.93. The van der Waals surface area contributed by atoms with Gasteiger partial charge in [-0.25, -0.2) is 0 Å². The van der Waals surface area contributed by atoms with Gasteiger partial charge in [-0.3, -0.25) is 9.59 Å². The molecule has 5 heteroatoms. The Morgan fingerprint density at radius 3 is 2.11 bits per heavy atom. The van der Waals surface area contributed by atoms with E-state index >= 15 is 0 Å². The highest BCUT2D eigenvalue weighted by Crippen LogP contribution is 2.26. The van der Waals surface area contributed by atoms with Gasteiger partial charge in [-0.15, -0.1) is 0 Å². The fraction of sp³-hybridized carbons (Fsp3) is 0.857. The van der Waals surface area contributed by atoms with Crippen molar-refractivity contribution in [2.24, 2.45) is 5.41 Å². The van der Waals surface area contributed by atoms with Gasteiger partial charge in [0.05, 0.1) is 12.0 Å². The van der Waals surface area contributed by atoms with Gasteiger partial charge >= 0.3 is 11.9 Å². The monoisotopic (exact) mass is 274 g/mol. The van der Waals surface area contributed by atoms with E-state index in [1.807, 2.05) is 20.8 Å². The topological polar surface area (TPSA) is 61.8 Å². The number of hydrogen-bond acceptors (Lipinski definition) is 5. The largest absolute Gasteiger partial charge is 0.465 e. The van der Waals surface area contributed by atoms with Crippen LogP contribution < -0.4 is 0 Å². The number of hydrogen-bond donors (Lipinski definition) is 0. The van der Waals surface area contributed by atoms with Crippen LogP contribution in [0.1, 0.15) is 53.9 Å². The molecule has 0 bridgehead atoms. The fourth-order valence-corrected chi connectivity index (χ4v) is 1.28. The lowest BCUT2D eigenvalue weighted by molar-refractivity contribution is -0.214. The first-order chi connectivity index (χ1) is 8.87. The molecule has 112 valence electrons. The maximum atomic E-state index is 11.4. The Bertz CT molecular complexity index is 286. The molecule has 0 aliphatic heterocycles. The van der Waals surface area contributed by atoms with Crippen LogP contribution >= 0.6 is 0 Å². The third kappa shape index (κ3) is 7.15. The lowest BCUT2D eigenvalue weighted by Crippen LogP contribution is -2.40. The summed E-state index contributed by atoms with van der Waals surface area (Å²) in [5.74, 6) is -0.597. The molecule has 0 rings (SSSR count). The minimum atomic E-state index is -0.704. The van der Waals surface area contributed by atoms with E-state index in [0.29, 0.717) is 13.0 Å². The van der Waals surface area contributed by atoms with Gasteiger partial charge < -0.3 is 14.2 Å². The van der Waals surface area contributed by atoms with Crippen molar-refractivity contribution < 1.29 is 23.8 Å². The fourth-order valence-electron chi connectivity index (χ4n) is 1.28. The van der Waals surface area contributed by atoms with E-state index in [2.05, 4.69) is 0 Å². The second kappa shape index (κ2) is 8.91. The maximum Gasteiger partial charge on any atom is 0.307 e. The summed E-state index contributed by atoms with van der Waals surface area (Å²) in [5, 5.41) is 0. The molecule has 0 spiro atoms. The van der Waals surface area contributed by atoms with Crippen molar-refractivity contribution in [3.05, 3.63) is 0 Å². The van der Waals surface area contributed by atoms with Crippen LogP contribution in [-0.4, -0.2) is 31.4 Å². The Balaban J connectivity index is 4.59. The average Bonchev–Trinajstić information content (AvgIpc) is 2.40. The van der Waals surface area contributed by atoms with E-state index in [9.17, 15) is 9.59 Å². The van der Waals surface area contributed by atoms with Crippen molar-refractivity contribution in [1.82, 2.24) is 0 Å². The second-order valence-corrected chi connectivity index (χ2v) is 5.05. The van der Waals surface area contributed by atoms with Gasteiger partial charge in [0, 0.05) is 12.8 Å². The van der Waals surface area contributed by atoms with Gasteiger partial charge in [-0.05, 0) is 6.42 Å². The molecule has 0 radical (unpaired) electrons. The molecule has 5 nitrogen and oxygen atoms in total. The first kappa shape index (κ1) is 17.9. The molecule has 0 aliphatic carbocycles. The Labute approximate surface area is 115 Å². The van der Waals surface area contributed by atoms with Crippen LogP contribution in [0.3, 0.4) is 0 Å². The van der Waals surface area contributed by atoms with Crippen LogP contribution in [0.4, 0.5) is 0 Å². The number of rotatable bonds is 9. The third-order valence-electron chi connectivity index (χ3n) is 2.53. The maximum absolute atomic E-state index is 11.4. The third-order valence-corrected chi connectivity index (χ3v) is 2.53. The van der Waals surface area contributed by atoms with Gasteiger partial charge in [-0.2, -0.15) is 0 Å². The molecule has 1 unspecified atom stereocenters. The van der Waals surface area contributed by atoms with Crippen LogP contribution in [0.5, 0.6) is 0 Å². The molecule has 19 heavy (non-hydrogen) atoms. The van der Waals surface area contributed by atoms with Crippen molar-refractivity contribution in [2.45, 2.75) is 60.2 Å². The van der Waals surface area contributed by atoms with Crippen LogP contribution in [0.25, 0.3) is 0 Å². The summed E-state index contributed by atoms with van der Waals surface area (Å²) in [6, 6.07) is 0. The minimum Gasteiger partial charge on any atom is -0.465 e. The second-order valence-electron chi connectivity index (χ2n) is 5.05. The summed E-state index contributed by atoms with van der Waals surface area (Å²) in [6.07, 6.45) is 0.734. The number of carbonyl (C=O) groups excluding carboxylic acids is 2. The molecule has 1 atom stereocenters. The first-order valence-electron chi connectivity index (χ1n) is 6.84. The molecule has 0 N–H and O–H groups in total. The van der Waals surface area contributed by atoms with E-state index in [1.165, 1.54) is 0 Å². The van der Waals surface area contributed by atoms with Crippen LogP contribution in [-0.2, 0) is 23.8 Å². The summed E-state index contributed by atoms with van der Waals surface area (Å²) >= 11 is 0. The van der Waals surface area contributed by atoms with Crippen molar-refractivity contribution in [1.29, 1.82) is 0 Å². The van der Waals surface area contributed by atoms with Crippen molar-refractivity contribution in [3.63, 3.8) is 0 Å². The average molecular weight is 274 g/mol. The summed E-state index contributed by atoms with van der Waals surface area (Å²) < 4.78 is 16.0. The van der Waals surface area contributed by atoms with Crippen molar-refractivity contribution in [3.8, 4) is 0 Å². The molecule has 0 heterocycles. The van der Waals surface area contributed by atoms with Gasteiger partial charge in [0.1, 0.15) is 6.61 Å². The zero-order valence-electron chi connectivity index (χ0n) is 12.7. The van der Waals surface area contributed by atoms with Crippen LogP contribution in [0.2, 0.25) is 0 Å². The van der Waals surface area contributed by atoms with Gasteiger partial charge in [0.15, 0.2) is 0 Å². The standard InChI is InChI=1S/C14H26O5/c1-6-9-17-13(19-12(16)8-3)14(4,5)10-18-11(15)7-2/h13H,6-10H2,1-5H3. The summed E-state index contributed by atoms with van der Waals surface area (Å²) in [4.78, 5) is 22.6. The highest BCUT2D eigenvalue weighted by atomic mass is 16.7. The molecule has 0 aromatic carbocycles. The van der Waals surface area contributed by atoms with E-state index < -0.39 is 11.7 Å². The van der Waals surface area contributed by atoms with Gasteiger partial charge in [0.2, 0.25) is 6.29 Å². The number of esters is 2. The zero-order chi connectivity index (χ0) is 14.9. The molecule has 0 aromatic heterocycles. The SMILES string of the molecule is CCCOC(OC(=O)CC)C(C)(C)COC(=O)CC. The zero-order valence-corrected chi connectivity index (χ0v) is 12.7. The summed E-state index contributed by atoms with van der Waals surface area (Å²) in [7, 11) is 0. The predicted molar refractivity (Wildman–Crippen MR) is 71.4 cm³/mol. The van der Waals surface area contributed by atoms with Crippen molar-refractivity contribution >= 4 is 11.9 Å². The highest BCUT2D eigenvalue weighted by molar-refractivity contribution is 5.69. The molecular formula is C14H26O5. The van der Waals surface area contributed by atoms with Crippen LogP contribution in [0, 0.1) is 5.41 Å². The molecular weight excluding hydrogens is 248 g/mol. The Morgan fingerprint density at radius 2 is 1.63 bits per heavy atom. The quantitative estimate of drug-likeness (QED) is 0.478. The number of ether oxygens (including phenoxy) is 3.